The molecule has 0 rings (SSSR count). The lowest BCUT2D eigenvalue weighted by molar-refractivity contribution is -0.142. The average Bonchev–Trinajstić information content (AvgIpc) is 1.98. The first-order valence-electron chi connectivity index (χ1n) is 4.00. The standard InChI is InChI=1S/C8H16O3/c1-3-7(4-2)5-11-6-8(9)10/h7H,3-6H2,1-2H3,(H,9,10). The summed E-state index contributed by atoms with van der Waals surface area (Å²) in [6.45, 7) is 4.56. The van der Waals surface area contributed by atoms with Gasteiger partial charge in [0.2, 0.25) is 0 Å². The van der Waals surface area contributed by atoms with Crippen molar-refractivity contribution in [2.45, 2.75) is 26.7 Å². The van der Waals surface area contributed by atoms with Gasteiger partial charge in [-0.25, -0.2) is 4.79 Å². The van der Waals surface area contributed by atoms with Crippen LogP contribution >= 0.6 is 0 Å². The molecule has 3 heteroatoms. The fourth-order valence-corrected chi connectivity index (χ4v) is 0.837. The zero-order chi connectivity index (χ0) is 8.69. The van der Waals surface area contributed by atoms with E-state index in [2.05, 4.69) is 13.8 Å². The van der Waals surface area contributed by atoms with Crippen LogP contribution in [-0.4, -0.2) is 24.3 Å². The van der Waals surface area contributed by atoms with Crippen LogP contribution < -0.4 is 0 Å². The van der Waals surface area contributed by atoms with Gasteiger partial charge in [0.05, 0.1) is 6.61 Å². The Balaban J connectivity index is 3.28. The maximum absolute atomic E-state index is 10.0. The highest BCUT2D eigenvalue weighted by Crippen LogP contribution is 2.06. The monoisotopic (exact) mass is 160 g/mol. The highest BCUT2D eigenvalue weighted by atomic mass is 16.5. The Kier molecular flexibility index (Phi) is 5.84. The average molecular weight is 160 g/mol. The molecule has 0 aromatic heterocycles. The van der Waals surface area contributed by atoms with Crippen molar-refractivity contribution in [1.82, 2.24) is 0 Å². The van der Waals surface area contributed by atoms with E-state index < -0.39 is 5.97 Å². The SMILES string of the molecule is CCC(CC)COCC(=O)O. The van der Waals surface area contributed by atoms with E-state index in [0.717, 1.165) is 12.8 Å². The lowest BCUT2D eigenvalue weighted by Gasteiger charge is -2.10. The van der Waals surface area contributed by atoms with Crippen molar-refractivity contribution in [1.29, 1.82) is 0 Å². The van der Waals surface area contributed by atoms with Gasteiger partial charge in [0.1, 0.15) is 6.61 Å². The lowest BCUT2D eigenvalue weighted by Crippen LogP contribution is -2.13. The van der Waals surface area contributed by atoms with Gasteiger partial charge in [-0.3, -0.25) is 0 Å². The Bertz CT molecular complexity index is 108. The molecular weight excluding hydrogens is 144 g/mol. The summed E-state index contributed by atoms with van der Waals surface area (Å²) in [5.41, 5.74) is 0. The molecule has 0 amide bonds. The number of carboxylic acids is 1. The minimum Gasteiger partial charge on any atom is -0.480 e. The van der Waals surface area contributed by atoms with Crippen molar-refractivity contribution < 1.29 is 14.6 Å². The molecule has 0 atom stereocenters. The maximum Gasteiger partial charge on any atom is 0.329 e. The van der Waals surface area contributed by atoms with Gasteiger partial charge in [-0.05, 0) is 5.92 Å². The van der Waals surface area contributed by atoms with E-state index in [1.54, 1.807) is 0 Å². The van der Waals surface area contributed by atoms with Crippen molar-refractivity contribution in [3.8, 4) is 0 Å². The Morgan fingerprint density at radius 2 is 2.00 bits per heavy atom. The molecule has 0 saturated heterocycles. The number of hydrogen-bond acceptors (Lipinski definition) is 2. The summed E-state index contributed by atoms with van der Waals surface area (Å²) < 4.78 is 4.94. The van der Waals surface area contributed by atoms with E-state index in [0.29, 0.717) is 12.5 Å². The Hall–Kier alpha value is -0.570. The predicted molar refractivity (Wildman–Crippen MR) is 42.5 cm³/mol. The molecule has 0 spiro atoms. The lowest BCUT2D eigenvalue weighted by atomic mass is 10.1. The highest BCUT2D eigenvalue weighted by molar-refractivity contribution is 5.67. The molecule has 66 valence electrons. The van der Waals surface area contributed by atoms with Crippen LogP contribution in [-0.2, 0) is 9.53 Å². The first-order valence-corrected chi connectivity index (χ1v) is 4.00. The third-order valence-electron chi connectivity index (χ3n) is 1.73. The van der Waals surface area contributed by atoms with E-state index in [-0.39, 0.29) is 6.61 Å². The number of carbonyl (C=O) groups is 1. The first kappa shape index (κ1) is 10.4. The summed E-state index contributed by atoms with van der Waals surface area (Å²) in [4.78, 5) is 10.0. The molecule has 0 aliphatic heterocycles. The topological polar surface area (TPSA) is 46.5 Å². The Morgan fingerprint density at radius 1 is 1.45 bits per heavy atom. The van der Waals surface area contributed by atoms with Crippen LogP contribution in [0.4, 0.5) is 0 Å². The molecule has 0 radical (unpaired) electrons. The molecule has 11 heavy (non-hydrogen) atoms. The van der Waals surface area contributed by atoms with Crippen LogP contribution in [0.1, 0.15) is 26.7 Å². The number of carboxylic acid groups (broad SMARTS) is 1. The third kappa shape index (κ3) is 5.85. The zero-order valence-electron chi connectivity index (χ0n) is 7.17. The molecule has 1 N–H and O–H groups in total. The van der Waals surface area contributed by atoms with Gasteiger partial charge in [-0.2, -0.15) is 0 Å². The second-order valence-corrected chi connectivity index (χ2v) is 2.59. The predicted octanol–water partition coefficient (Wildman–Crippen LogP) is 1.52. The number of aliphatic carboxylic acids is 1. The summed E-state index contributed by atoms with van der Waals surface area (Å²) >= 11 is 0. The van der Waals surface area contributed by atoms with Gasteiger partial charge >= 0.3 is 5.97 Å². The second kappa shape index (κ2) is 6.16. The second-order valence-electron chi connectivity index (χ2n) is 2.59. The molecule has 0 fully saturated rings. The van der Waals surface area contributed by atoms with Crippen LogP contribution in [0.5, 0.6) is 0 Å². The van der Waals surface area contributed by atoms with Crippen LogP contribution in [0.15, 0.2) is 0 Å². The van der Waals surface area contributed by atoms with Gasteiger partial charge in [0.15, 0.2) is 0 Å². The zero-order valence-corrected chi connectivity index (χ0v) is 7.17. The van der Waals surface area contributed by atoms with Crippen LogP contribution in [0.2, 0.25) is 0 Å². The molecule has 0 unspecified atom stereocenters. The van der Waals surface area contributed by atoms with Gasteiger partial charge in [-0.1, -0.05) is 26.7 Å². The molecule has 0 aliphatic carbocycles. The smallest absolute Gasteiger partial charge is 0.329 e. The van der Waals surface area contributed by atoms with E-state index in [4.69, 9.17) is 9.84 Å². The van der Waals surface area contributed by atoms with E-state index in [9.17, 15) is 4.79 Å². The molecule has 0 aromatic carbocycles. The Labute approximate surface area is 67.4 Å². The highest BCUT2D eigenvalue weighted by Gasteiger charge is 2.04. The van der Waals surface area contributed by atoms with Crippen molar-refractivity contribution in [3.63, 3.8) is 0 Å². The molecule has 0 aromatic rings. The fraction of sp³-hybridized carbons (Fsp3) is 0.875. The summed E-state index contributed by atoms with van der Waals surface area (Å²) in [6.07, 6.45) is 2.10. The minimum absolute atomic E-state index is 0.170. The normalized spacial score (nSPS) is 10.5. The first-order chi connectivity index (χ1) is 5.20. The number of rotatable bonds is 6. The van der Waals surface area contributed by atoms with Crippen molar-refractivity contribution in [2.24, 2.45) is 5.92 Å². The van der Waals surface area contributed by atoms with Gasteiger partial charge < -0.3 is 9.84 Å². The van der Waals surface area contributed by atoms with Crippen molar-refractivity contribution in [2.75, 3.05) is 13.2 Å². The Morgan fingerprint density at radius 3 is 2.36 bits per heavy atom. The fourth-order valence-electron chi connectivity index (χ4n) is 0.837. The van der Waals surface area contributed by atoms with Gasteiger partial charge in [0, 0.05) is 0 Å². The van der Waals surface area contributed by atoms with Crippen LogP contribution in [0, 0.1) is 5.92 Å². The minimum atomic E-state index is -0.893. The van der Waals surface area contributed by atoms with E-state index in [1.807, 2.05) is 0 Å². The summed E-state index contributed by atoms with van der Waals surface area (Å²) in [7, 11) is 0. The quantitative estimate of drug-likeness (QED) is 0.640. The maximum atomic E-state index is 10.0. The van der Waals surface area contributed by atoms with Gasteiger partial charge in [-0.15, -0.1) is 0 Å². The van der Waals surface area contributed by atoms with Crippen LogP contribution in [0.25, 0.3) is 0 Å². The molecular formula is C8H16O3. The number of hydrogen-bond donors (Lipinski definition) is 1. The largest absolute Gasteiger partial charge is 0.480 e. The number of ether oxygens (including phenoxy) is 1. The van der Waals surface area contributed by atoms with Gasteiger partial charge in [0.25, 0.3) is 0 Å². The van der Waals surface area contributed by atoms with E-state index >= 15 is 0 Å². The molecule has 3 nitrogen and oxygen atoms in total. The summed E-state index contributed by atoms with van der Waals surface area (Å²) in [5, 5.41) is 8.25. The molecule has 0 saturated carbocycles. The van der Waals surface area contributed by atoms with E-state index in [1.165, 1.54) is 0 Å². The molecule has 0 bridgehead atoms. The molecule has 0 aliphatic rings. The summed E-state index contributed by atoms with van der Waals surface area (Å²) in [5.74, 6) is -0.384. The van der Waals surface area contributed by atoms with Crippen molar-refractivity contribution in [3.05, 3.63) is 0 Å². The third-order valence-corrected chi connectivity index (χ3v) is 1.73. The molecule has 0 heterocycles. The summed E-state index contributed by atoms with van der Waals surface area (Å²) in [6, 6.07) is 0. The van der Waals surface area contributed by atoms with Crippen LogP contribution in [0.3, 0.4) is 0 Å². The van der Waals surface area contributed by atoms with Crippen molar-refractivity contribution >= 4 is 5.97 Å².